The highest BCUT2D eigenvalue weighted by atomic mass is 32.2. The maximum atomic E-state index is 10.9. The topological polar surface area (TPSA) is 26.3 Å². The van der Waals surface area contributed by atoms with Crippen LogP contribution in [0.4, 0.5) is 0 Å². The van der Waals surface area contributed by atoms with E-state index in [-0.39, 0.29) is 5.97 Å². The summed E-state index contributed by atoms with van der Waals surface area (Å²) in [7, 11) is 1.45. The monoisotopic (exact) mass is 340 g/mol. The van der Waals surface area contributed by atoms with Gasteiger partial charge in [0.15, 0.2) is 0 Å². The Morgan fingerprint density at radius 1 is 0.870 bits per heavy atom. The van der Waals surface area contributed by atoms with Gasteiger partial charge in [-0.05, 0) is 43.6 Å². The smallest absolute Gasteiger partial charge is 0.305 e. The molecule has 0 amide bonds. The van der Waals surface area contributed by atoms with Crippen LogP contribution in [-0.2, 0) is 9.53 Å². The van der Waals surface area contributed by atoms with Gasteiger partial charge in [-0.2, -0.15) is 11.8 Å². The second-order valence-corrected chi connectivity index (χ2v) is 7.04. The number of esters is 1. The summed E-state index contributed by atoms with van der Waals surface area (Å²) in [6, 6.07) is 0. The molecule has 0 radical (unpaired) electrons. The summed E-state index contributed by atoms with van der Waals surface area (Å²) in [6.45, 7) is 2.26. The molecule has 0 atom stereocenters. The molecule has 0 saturated carbocycles. The van der Waals surface area contributed by atoms with Gasteiger partial charge in [-0.1, -0.05) is 63.3 Å². The Bertz CT molecular complexity index is 311. The number of ether oxygens (including phenoxy) is 1. The first-order valence-electron chi connectivity index (χ1n) is 9.25. The van der Waals surface area contributed by atoms with Gasteiger partial charge in [0, 0.05) is 6.42 Å². The molecule has 0 saturated heterocycles. The summed E-state index contributed by atoms with van der Waals surface area (Å²) in [6.07, 6.45) is 22.3. The van der Waals surface area contributed by atoms with Crippen molar-refractivity contribution in [1.82, 2.24) is 0 Å². The summed E-state index contributed by atoms with van der Waals surface area (Å²) >= 11 is 1.91. The van der Waals surface area contributed by atoms with Crippen LogP contribution in [0.15, 0.2) is 24.3 Å². The lowest BCUT2D eigenvalue weighted by molar-refractivity contribution is -0.140. The third-order valence-electron chi connectivity index (χ3n) is 3.66. The van der Waals surface area contributed by atoms with Gasteiger partial charge in [0.25, 0.3) is 0 Å². The predicted molar refractivity (Wildman–Crippen MR) is 104 cm³/mol. The largest absolute Gasteiger partial charge is 0.469 e. The Balaban J connectivity index is 3.21. The quantitative estimate of drug-likeness (QED) is 0.187. The average Bonchev–Trinajstić information content (AvgIpc) is 2.57. The predicted octanol–water partition coefficient (Wildman–Crippen LogP) is 6.32. The van der Waals surface area contributed by atoms with Gasteiger partial charge >= 0.3 is 5.97 Å². The van der Waals surface area contributed by atoms with E-state index in [1.54, 1.807) is 0 Å². The van der Waals surface area contributed by atoms with E-state index >= 15 is 0 Å². The lowest BCUT2D eigenvalue weighted by Gasteiger charge is -1.99. The Hall–Kier alpha value is -0.700. The van der Waals surface area contributed by atoms with Crippen LogP contribution in [0.2, 0.25) is 0 Å². The molecule has 0 rings (SSSR count). The molecule has 0 spiro atoms. The van der Waals surface area contributed by atoms with Crippen molar-refractivity contribution < 1.29 is 9.53 Å². The number of hydrogen-bond acceptors (Lipinski definition) is 3. The van der Waals surface area contributed by atoms with Crippen molar-refractivity contribution in [3.05, 3.63) is 24.3 Å². The zero-order chi connectivity index (χ0) is 17.0. The van der Waals surface area contributed by atoms with Crippen LogP contribution in [0.25, 0.3) is 0 Å². The second-order valence-electron chi connectivity index (χ2n) is 5.82. The van der Waals surface area contributed by atoms with E-state index in [0.29, 0.717) is 6.42 Å². The maximum Gasteiger partial charge on any atom is 0.305 e. The minimum atomic E-state index is -0.0988. The minimum Gasteiger partial charge on any atom is -0.469 e. The van der Waals surface area contributed by atoms with Gasteiger partial charge in [0.2, 0.25) is 0 Å². The molecule has 0 aromatic heterocycles. The summed E-state index contributed by atoms with van der Waals surface area (Å²) in [5.41, 5.74) is 0. The zero-order valence-corrected chi connectivity index (χ0v) is 16.0. The minimum absolute atomic E-state index is 0.0988. The van der Waals surface area contributed by atoms with Crippen molar-refractivity contribution in [3.63, 3.8) is 0 Å². The fourth-order valence-corrected chi connectivity index (χ4v) is 3.08. The second kappa shape index (κ2) is 19.3. The Labute approximate surface area is 148 Å². The number of allylic oxidation sites excluding steroid dienone is 4. The standard InChI is InChI=1S/C20H36O2S/c1-3-4-5-6-7-8-9-10-11-12-13-14-15-18-23-19-16-17-20(21)22-2/h10-11,13-14H,3-9,12,15-19H2,1-2H3/b11-10-,14-13-. The number of carbonyl (C=O) groups is 1. The molecule has 0 aliphatic carbocycles. The number of carbonyl (C=O) groups excluding carboxylic acids is 1. The van der Waals surface area contributed by atoms with Crippen molar-refractivity contribution in [2.24, 2.45) is 0 Å². The van der Waals surface area contributed by atoms with Crippen LogP contribution in [0.3, 0.4) is 0 Å². The van der Waals surface area contributed by atoms with Crippen LogP contribution >= 0.6 is 11.8 Å². The van der Waals surface area contributed by atoms with E-state index in [9.17, 15) is 4.79 Å². The molecule has 0 heterocycles. The molecule has 0 N–H and O–H groups in total. The van der Waals surface area contributed by atoms with E-state index < -0.39 is 0 Å². The Morgan fingerprint density at radius 3 is 2.30 bits per heavy atom. The third kappa shape index (κ3) is 19.3. The maximum absolute atomic E-state index is 10.9. The lowest BCUT2D eigenvalue weighted by atomic mass is 10.1. The normalized spacial score (nSPS) is 11.6. The number of rotatable bonds is 16. The Morgan fingerprint density at radius 2 is 1.57 bits per heavy atom. The molecule has 3 heteroatoms. The molecule has 0 fully saturated rings. The van der Waals surface area contributed by atoms with Crippen LogP contribution in [0.1, 0.15) is 77.6 Å². The van der Waals surface area contributed by atoms with E-state index in [2.05, 4.69) is 36.0 Å². The first-order valence-corrected chi connectivity index (χ1v) is 10.4. The van der Waals surface area contributed by atoms with Crippen molar-refractivity contribution in [1.29, 1.82) is 0 Å². The molecule has 0 aromatic rings. The van der Waals surface area contributed by atoms with Gasteiger partial charge in [-0.3, -0.25) is 4.79 Å². The van der Waals surface area contributed by atoms with Gasteiger partial charge in [0.1, 0.15) is 0 Å². The van der Waals surface area contributed by atoms with Crippen molar-refractivity contribution >= 4 is 17.7 Å². The summed E-state index contributed by atoms with van der Waals surface area (Å²) in [4.78, 5) is 10.9. The number of unbranched alkanes of at least 4 members (excludes halogenated alkanes) is 6. The third-order valence-corrected chi connectivity index (χ3v) is 4.76. The molecule has 2 nitrogen and oxygen atoms in total. The highest BCUT2D eigenvalue weighted by molar-refractivity contribution is 7.99. The lowest BCUT2D eigenvalue weighted by Crippen LogP contribution is -2.00. The van der Waals surface area contributed by atoms with Crippen LogP contribution in [-0.4, -0.2) is 24.6 Å². The molecule has 0 bridgehead atoms. The van der Waals surface area contributed by atoms with Gasteiger partial charge in [-0.15, -0.1) is 0 Å². The molecule has 23 heavy (non-hydrogen) atoms. The molecule has 134 valence electrons. The average molecular weight is 341 g/mol. The van der Waals surface area contributed by atoms with Crippen molar-refractivity contribution in [3.8, 4) is 0 Å². The molecule has 0 aromatic carbocycles. The van der Waals surface area contributed by atoms with E-state index in [0.717, 1.165) is 30.8 Å². The summed E-state index contributed by atoms with van der Waals surface area (Å²) in [5.74, 6) is 2.08. The first-order chi connectivity index (χ1) is 11.3. The highest BCUT2D eigenvalue weighted by Crippen LogP contribution is 2.08. The molecular formula is C20H36O2S. The molecule has 0 aliphatic rings. The fourth-order valence-electron chi connectivity index (χ4n) is 2.22. The molecule has 0 aliphatic heterocycles. The molecular weight excluding hydrogens is 304 g/mol. The number of methoxy groups -OCH3 is 1. The van der Waals surface area contributed by atoms with E-state index in [4.69, 9.17) is 0 Å². The summed E-state index contributed by atoms with van der Waals surface area (Å²) < 4.78 is 4.61. The fraction of sp³-hybridized carbons (Fsp3) is 0.750. The number of hydrogen-bond donors (Lipinski definition) is 0. The molecule has 0 unspecified atom stereocenters. The van der Waals surface area contributed by atoms with Gasteiger partial charge in [0.05, 0.1) is 7.11 Å². The summed E-state index contributed by atoms with van der Waals surface area (Å²) in [5, 5.41) is 0. The van der Waals surface area contributed by atoms with Gasteiger partial charge in [-0.25, -0.2) is 0 Å². The van der Waals surface area contributed by atoms with Crippen LogP contribution in [0, 0.1) is 0 Å². The zero-order valence-electron chi connectivity index (χ0n) is 15.2. The van der Waals surface area contributed by atoms with Crippen LogP contribution < -0.4 is 0 Å². The number of thioether (sulfide) groups is 1. The van der Waals surface area contributed by atoms with Crippen LogP contribution in [0.5, 0.6) is 0 Å². The van der Waals surface area contributed by atoms with Gasteiger partial charge < -0.3 is 4.74 Å². The van der Waals surface area contributed by atoms with E-state index in [1.165, 1.54) is 52.1 Å². The highest BCUT2D eigenvalue weighted by Gasteiger charge is 1.98. The van der Waals surface area contributed by atoms with Crippen molar-refractivity contribution in [2.45, 2.75) is 77.6 Å². The SMILES string of the molecule is CCCCCCCC/C=C\C/C=C\CCSCCCC(=O)OC. The van der Waals surface area contributed by atoms with E-state index in [1.807, 2.05) is 11.8 Å². The van der Waals surface area contributed by atoms with Crippen molar-refractivity contribution in [2.75, 3.05) is 18.6 Å². The first kappa shape index (κ1) is 22.3. The Kier molecular flexibility index (Phi) is 18.8.